The van der Waals surface area contributed by atoms with E-state index in [0.29, 0.717) is 19.4 Å². The van der Waals surface area contributed by atoms with E-state index in [0.717, 1.165) is 27.8 Å². The first kappa shape index (κ1) is 33.0. The average Bonchev–Trinajstić information content (AvgIpc) is 3.37. The maximum Gasteiger partial charge on any atom is 0.407 e. The molecule has 0 heterocycles. The molecule has 238 valence electrons. The summed E-state index contributed by atoms with van der Waals surface area (Å²) in [6, 6.07) is 23.7. The Labute approximate surface area is 264 Å². The molecular weight excluding hydrogens is 570 g/mol. The summed E-state index contributed by atoms with van der Waals surface area (Å²) in [4.78, 5) is 43.6. The van der Waals surface area contributed by atoms with Gasteiger partial charge in [0.1, 0.15) is 25.3 Å². The normalized spacial score (nSPS) is 13.7. The van der Waals surface area contributed by atoms with Gasteiger partial charge in [0.2, 0.25) is 5.91 Å². The van der Waals surface area contributed by atoms with E-state index in [2.05, 4.69) is 33.1 Å². The van der Waals surface area contributed by atoms with Crippen LogP contribution in [0.5, 0.6) is 0 Å². The SMILES string of the molecule is CN=C(N)NCCC[C@@H](NC(=O)OCC1c2ccccc2-c2ccccc21)C(=O)N[C@@H](CC(C)C)C(=O)OCc1ccccc1. The van der Waals surface area contributed by atoms with Crippen LogP contribution in [0.2, 0.25) is 0 Å². The van der Waals surface area contributed by atoms with Crippen LogP contribution in [0.15, 0.2) is 83.9 Å². The minimum atomic E-state index is -0.959. The second kappa shape index (κ2) is 16.3. The molecule has 10 heteroatoms. The predicted octanol–water partition coefficient (Wildman–Crippen LogP) is 4.48. The molecule has 0 radical (unpaired) electrons. The second-order valence-corrected chi connectivity index (χ2v) is 11.5. The highest BCUT2D eigenvalue weighted by atomic mass is 16.5. The number of fused-ring (bicyclic) bond motifs is 3. The van der Waals surface area contributed by atoms with Crippen molar-refractivity contribution in [2.24, 2.45) is 16.6 Å². The lowest BCUT2D eigenvalue weighted by atomic mass is 9.98. The summed E-state index contributed by atoms with van der Waals surface area (Å²) < 4.78 is 11.3. The van der Waals surface area contributed by atoms with E-state index < -0.39 is 30.1 Å². The molecule has 0 spiro atoms. The zero-order valence-electron chi connectivity index (χ0n) is 26.1. The van der Waals surface area contributed by atoms with Gasteiger partial charge in [-0.25, -0.2) is 9.59 Å². The Morgan fingerprint density at radius 3 is 2.09 bits per heavy atom. The molecule has 1 aliphatic carbocycles. The fourth-order valence-corrected chi connectivity index (χ4v) is 5.44. The van der Waals surface area contributed by atoms with Crippen molar-refractivity contribution in [3.63, 3.8) is 0 Å². The van der Waals surface area contributed by atoms with Crippen LogP contribution in [-0.4, -0.2) is 56.2 Å². The smallest absolute Gasteiger partial charge is 0.407 e. The van der Waals surface area contributed by atoms with Gasteiger partial charge in [-0.2, -0.15) is 0 Å². The minimum Gasteiger partial charge on any atom is -0.459 e. The first-order valence-corrected chi connectivity index (χ1v) is 15.3. The average molecular weight is 614 g/mol. The van der Waals surface area contributed by atoms with Gasteiger partial charge in [0.15, 0.2) is 5.96 Å². The number of nitrogens with one attached hydrogen (secondary N) is 3. The molecule has 1 aliphatic rings. The van der Waals surface area contributed by atoms with Crippen LogP contribution in [0, 0.1) is 5.92 Å². The number of alkyl carbamates (subject to hydrolysis) is 1. The van der Waals surface area contributed by atoms with Crippen molar-refractivity contribution in [2.75, 3.05) is 20.2 Å². The van der Waals surface area contributed by atoms with Crippen molar-refractivity contribution >= 4 is 23.9 Å². The van der Waals surface area contributed by atoms with Crippen LogP contribution >= 0.6 is 0 Å². The Hall–Kier alpha value is -4.86. The summed E-state index contributed by atoms with van der Waals surface area (Å²) in [7, 11) is 1.57. The van der Waals surface area contributed by atoms with Crippen LogP contribution in [-0.2, 0) is 25.7 Å². The molecule has 0 aromatic heterocycles. The van der Waals surface area contributed by atoms with E-state index in [4.69, 9.17) is 15.2 Å². The quantitative estimate of drug-likeness (QED) is 0.0908. The summed E-state index contributed by atoms with van der Waals surface area (Å²) in [6.07, 6.45) is 0.424. The molecule has 3 aromatic carbocycles. The van der Waals surface area contributed by atoms with Gasteiger partial charge in [-0.15, -0.1) is 0 Å². The molecule has 0 saturated carbocycles. The Balaban J connectivity index is 1.41. The zero-order valence-corrected chi connectivity index (χ0v) is 26.1. The lowest BCUT2D eigenvalue weighted by Gasteiger charge is -2.24. The summed E-state index contributed by atoms with van der Waals surface area (Å²) in [5.74, 6) is -0.768. The maximum atomic E-state index is 13.6. The van der Waals surface area contributed by atoms with Crippen molar-refractivity contribution in [2.45, 2.75) is 57.7 Å². The van der Waals surface area contributed by atoms with Crippen LogP contribution in [0.1, 0.15) is 55.7 Å². The number of guanidine groups is 1. The standard InChI is InChI=1S/C35H43N5O5/c1-23(2)20-31(33(42)44-21-24-12-5-4-6-13-24)39-32(41)30(18-11-19-38-34(36)37-3)40-35(43)45-22-29-27-16-9-7-14-25(27)26-15-8-10-17-28(26)29/h4-10,12-17,23,29-31H,11,18-22H2,1-3H3,(H,39,41)(H,40,43)(H3,36,37,38)/t30-,31+/m1/s1. The van der Waals surface area contributed by atoms with Crippen molar-refractivity contribution in [1.82, 2.24) is 16.0 Å². The van der Waals surface area contributed by atoms with Gasteiger partial charge >= 0.3 is 12.1 Å². The molecule has 5 N–H and O–H groups in total. The number of aliphatic imine (C=N–C) groups is 1. The van der Waals surface area contributed by atoms with Crippen molar-refractivity contribution in [1.29, 1.82) is 0 Å². The third kappa shape index (κ3) is 9.31. The number of hydrogen-bond acceptors (Lipinski definition) is 6. The zero-order chi connectivity index (χ0) is 32.2. The molecule has 0 aliphatic heterocycles. The summed E-state index contributed by atoms with van der Waals surface area (Å²) in [5, 5.41) is 8.51. The maximum absolute atomic E-state index is 13.6. The lowest BCUT2D eigenvalue weighted by Crippen LogP contribution is -2.52. The number of nitrogens with zero attached hydrogens (tertiary/aromatic N) is 1. The highest BCUT2D eigenvalue weighted by Gasteiger charge is 2.31. The van der Waals surface area contributed by atoms with E-state index in [9.17, 15) is 14.4 Å². The van der Waals surface area contributed by atoms with Gasteiger partial charge in [0.05, 0.1) is 0 Å². The molecule has 45 heavy (non-hydrogen) atoms. The molecular formula is C35H43N5O5. The fraction of sp³-hybridized carbons (Fsp3) is 0.371. The number of hydrogen-bond donors (Lipinski definition) is 4. The number of benzene rings is 3. The number of esters is 1. The van der Waals surface area contributed by atoms with Crippen molar-refractivity contribution < 1.29 is 23.9 Å². The van der Waals surface area contributed by atoms with E-state index in [1.165, 1.54) is 0 Å². The number of carbonyl (C=O) groups is 3. The van der Waals surface area contributed by atoms with E-state index in [-0.39, 0.29) is 37.4 Å². The molecule has 0 saturated heterocycles. The number of ether oxygens (including phenoxy) is 2. The van der Waals surface area contributed by atoms with Gasteiger partial charge in [0, 0.05) is 19.5 Å². The Kier molecular flexibility index (Phi) is 12.0. The van der Waals surface area contributed by atoms with Gasteiger partial charge < -0.3 is 31.2 Å². The highest BCUT2D eigenvalue weighted by molar-refractivity contribution is 5.89. The third-order valence-corrected chi connectivity index (χ3v) is 7.70. The largest absolute Gasteiger partial charge is 0.459 e. The monoisotopic (exact) mass is 613 g/mol. The molecule has 10 nitrogen and oxygen atoms in total. The summed E-state index contributed by atoms with van der Waals surface area (Å²) in [6.45, 7) is 4.56. The number of carbonyl (C=O) groups excluding carboxylic acids is 3. The Bertz CT molecular complexity index is 1430. The van der Waals surface area contributed by atoms with Gasteiger partial charge in [-0.1, -0.05) is 92.7 Å². The molecule has 0 bridgehead atoms. The summed E-state index contributed by atoms with van der Waals surface area (Å²) in [5.41, 5.74) is 11.0. The first-order valence-electron chi connectivity index (χ1n) is 15.3. The van der Waals surface area contributed by atoms with Gasteiger partial charge in [-0.3, -0.25) is 9.79 Å². The lowest BCUT2D eigenvalue weighted by molar-refractivity contribution is -0.149. The molecule has 4 rings (SSSR count). The summed E-state index contributed by atoms with van der Waals surface area (Å²) >= 11 is 0. The van der Waals surface area contributed by atoms with Crippen LogP contribution < -0.4 is 21.7 Å². The number of rotatable bonds is 14. The molecule has 3 aromatic rings. The number of nitrogens with two attached hydrogens (primary N) is 1. The van der Waals surface area contributed by atoms with Crippen LogP contribution in [0.3, 0.4) is 0 Å². The predicted molar refractivity (Wildman–Crippen MR) is 174 cm³/mol. The highest BCUT2D eigenvalue weighted by Crippen LogP contribution is 2.44. The van der Waals surface area contributed by atoms with E-state index in [1.807, 2.05) is 80.6 Å². The third-order valence-electron chi connectivity index (χ3n) is 7.70. The van der Waals surface area contributed by atoms with Crippen LogP contribution in [0.25, 0.3) is 11.1 Å². The van der Waals surface area contributed by atoms with Gasteiger partial charge in [-0.05, 0) is 53.0 Å². The van der Waals surface area contributed by atoms with Crippen molar-refractivity contribution in [3.05, 3.63) is 95.6 Å². The first-order chi connectivity index (χ1) is 21.8. The van der Waals surface area contributed by atoms with Gasteiger partial charge in [0.25, 0.3) is 0 Å². The molecule has 2 amide bonds. The van der Waals surface area contributed by atoms with Crippen molar-refractivity contribution in [3.8, 4) is 11.1 Å². The number of amides is 2. The Morgan fingerprint density at radius 1 is 0.844 bits per heavy atom. The second-order valence-electron chi connectivity index (χ2n) is 11.5. The molecule has 0 unspecified atom stereocenters. The van der Waals surface area contributed by atoms with E-state index in [1.54, 1.807) is 7.05 Å². The van der Waals surface area contributed by atoms with E-state index >= 15 is 0 Å². The Morgan fingerprint density at radius 2 is 1.47 bits per heavy atom. The van der Waals surface area contributed by atoms with Crippen LogP contribution in [0.4, 0.5) is 4.79 Å². The topological polar surface area (TPSA) is 144 Å². The fourth-order valence-electron chi connectivity index (χ4n) is 5.44. The molecule has 0 fully saturated rings. The molecule has 2 atom stereocenters. The minimum absolute atomic E-state index is 0.0949.